The van der Waals surface area contributed by atoms with Crippen molar-refractivity contribution in [2.24, 2.45) is 0 Å². The van der Waals surface area contributed by atoms with Gasteiger partial charge in [-0.25, -0.2) is 9.37 Å². The van der Waals surface area contributed by atoms with Gasteiger partial charge in [-0.3, -0.25) is 4.79 Å². The number of aliphatic carboxylic acids is 1. The highest BCUT2D eigenvalue weighted by atomic mass is 35.5. The van der Waals surface area contributed by atoms with E-state index < -0.39 is 17.6 Å². The van der Waals surface area contributed by atoms with Crippen LogP contribution in [0.4, 0.5) is 4.39 Å². The third kappa shape index (κ3) is 1.79. The molecule has 2 aliphatic rings. The first-order chi connectivity index (χ1) is 8.51. The number of carboxylic acids is 1. The molecule has 0 bridgehead atoms. The second-order valence-electron chi connectivity index (χ2n) is 5.27. The van der Waals surface area contributed by atoms with Gasteiger partial charge in [0.25, 0.3) is 0 Å². The number of hydrogen-bond donors (Lipinski definition) is 1. The smallest absolute Gasteiger partial charge is 0.314 e. The van der Waals surface area contributed by atoms with Crippen molar-refractivity contribution in [2.75, 3.05) is 0 Å². The molecule has 1 aromatic heterocycles. The summed E-state index contributed by atoms with van der Waals surface area (Å²) in [6, 6.07) is 3.36. The Balaban J connectivity index is 2.02. The average molecular weight is 270 g/mol. The van der Waals surface area contributed by atoms with Crippen LogP contribution in [0, 0.1) is 0 Å². The molecule has 0 saturated heterocycles. The van der Waals surface area contributed by atoms with Gasteiger partial charge in [0, 0.05) is 11.6 Å². The van der Waals surface area contributed by atoms with Crippen LogP contribution in [0.2, 0.25) is 5.15 Å². The Labute approximate surface area is 109 Å². The molecule has 0 spiro atoms. The van der Waals surface area contributed by atoms with Gasteiger partial charge in [0.2, 0.25) is 0 Å². The van der Waals surface area contributed by atoms with Crippen LogP contribution in [0.3, 0.4) is 0 Å². The summed E-state index contributed by atoms with van der Waals surface area (Å²) in [4.78, 5) is 15.7. The summed E-state index contributed by atoms with van der Waals surface area (Å²) >= 11 is 5.95. The molecule has 0 radical (unpaired) electrons. The number of pyridine rings is 1. The highest BCUT2D eigenvalue weighted by Crippen LogP contribution is 2.48. The summed E-state index contributed by atoms with van der Waals surface area (Å²) in [5.74, 6) is -0.574. The quantitative estimate of drug-likeness (QED) is 0.858. The number of hydrogen-bond acceptors (Lipinski definition) is 2. The van der Waals surface area contributed by atoms with Crippen molar-refractivity contribution in [3.05, 3.63) is 28.5 Å². The van der Waals surface area contributed by atoms with Crippen LogP contribution in [0.5, 0.6) is 0 Å². The number of alkyl halides is 1. The van der Waals surface area contributed by atoms with E-state index in [2.05, 4.69) is 4.98 Å². The van der Waals surface area contributed by atoms with Crippen molar-refractivity contribution >= 4 is 17.6 Å². The van der Waals surface area contributed by atoms with Crippen molar-refractivity contribution in [3.63, 3.8) is 0 Å². The van der Waals surface area contributed by atoms with Gasteiger partial charge in [-0.05, 0) is 43.4 Å². The van der Waals surface area contributed by atoms with Crippen LogP contribution in [0.15, 0.2) is 12.1 Å². The van der Waals surface area contributed by atoms with E-state index in [1.807, 2.05) is 0 Å². The third-order valence-corrected chi connectivity index (χ3v) is 4.11. The van der Waals surface area contributed by atoms with E-state index in [0.29, 0.717) is 16.6 Å². The summed E-state index contributed by atoms with van der Waals surface area (Å²) in [7, 11) is 0. The normalized spacial score (nSPS) is 30.9. The Kier molecular flexibility index (Phi) is 2.59. The average Bonchev–Trinajstić information content (AvgIpc) is 3.06. The highest BCUT2D eigenvalue weighted by molar-refractivity contribution is 6.29. The summed E-state index contributed by atoms with van der Waals surface area (Å²) in [5.41, 5.74) is 0.349. The fourth-order valence-electron chi connectivity index (χ4n) is 2.61. The zero-order valence-electron chi connectivity index (χ0n) is 9.70. The lowest BCUT2D eigenvalue weighted by Gasteiger charge is -2.40. The van der Waals surface area contributed by atoms with Crippen molar-refractivity contribution < 1.29 is 14.3 Å². The number of aromatic nitrogens is 1. The molecular weight excluding hydrogens is 257 g/mol. The molecule has 96 valence electrons. The number of halogens is 2. The molecule has 0 unspecified atom stereocenters. The first-order valence-electron chi connectivity index (χ1n) is 6.07. The molecule has 2 aliphatic carbocycles. The van der Waals surface area contributed by atoms with Gasteiger partial charge in [-0.15, -0.1) is 0 Å². The molecule has 18 heavy (non-hydrogen) atoms. The van der Waals surface area contributed by atoms with E-state index in [-0.39, 0.29) is 12.8 Å². The molecule has 0 amide bonds. The van der Waals surface area contributed by atoms with Crippen molar-refractivity contribution in [3.8, 4) is 0 Å². The largest absolute Gasteiger partial charge is 0.481 e. The van der Waals surface area contributed by atoms with E-state index in [1.165, 1.54) is 0 Å². The minimum atomic E-state index is -1.10. The topological polar surface area (TPSA) is 50.2 Å². The van der Waals surface area contributed by atoms with Crippen molar-refractivity contribution in [1.29, 1.82) is 0 Å². The molecule has 0 atom stereocenters. The van der Waals surface area contributed by atoms with Crippen LogP contribution >= 0.6 is 11.6 Å². The second-order valence-corrected chi connectivity index (χ2v) is 5.66. The zero-order valence-corrected chi connectivity index (χ0v) is 10.5. The van der Waals surface area contributed by atoms with Gasteiger partial charge in [-0.2, -0.15) is 0 Å². The summed E-state index contributed by atoms with van der Waals surface area (Å²) in [6.07, 6.45) is 1.17. The molecule has 5 heteroatoms. The van der Waals surface area contributed by atoms with Gasteiger partial charge in [0.05, 0.1) is 5.41 Å². The number of carboxylic acid groups (broad SMARTS) is 1. The summed E-state index contributed by atoms with van der Waals surface area (Å²) in [6.45, 7) is 0. The molecule has 0 aliphatic heterocycles. The Bertz CT molecular complexity index is 510. The molecular formula is C13H13ClFNO2. The molecule has 2 saturated carbocycles. The Morgan fingerprint density at radius 2 is 2.11 bits per heavy atom. The maximum atomic E-state index is 13.1. The number of carbonyl (C=O) groups is 1. The van der Waals surface area contributed by atoms with Crippen LogP contribution in [0.1, 0.15) is 42.9 Å². The molecule has 0 aromatic carbocycles. The van der Waals surface area contributed by atoms with Crippen molar-refractivity contribution in [1.82, 2.24) is 4.98 Å². The highest BCUT2D eigenvalue weighted by Gasteiger charge is 2.52. The van der Waals surface area contributed by atoms with Gasteiger partial charge >= 0.3 is 5.97 Å². The molecule has 3 rings (SSSR count). The maximum Gasteiger partial charge on any atom is 0.314 e. The SMILES string of the molecule is O=C(O)C1(c2cc(Cl)nc(C3CC3)c2)CC(F)C1. The number of nitrogens with zero attached hydrogens (tertiary/aromatic N) is 1. The molecule has 2 fully saturated rings. The van der Waals surface area contributed by atoms with E-state index in [0.717, 1.165) is 18.5 Å². The van der Waals surface area contributed by atoms with Gasteiger partial charge in [0.15, 0.2) is 0 Å². The lowest BCUT2D eigenvalue weighted by atomic mass is 9.63. The summed E-state index contributed by atoms with van der Waals surface area (Å²) < 4.78 is 13.1. The van der Waals surface area contributed by atoms with Crippen LogP contribution in [-0.4, -0.2) is 22.2 Å². The van der Waals surface area contributed by atoms with E-state index >= 15 is 0 Å². The Morgan fingerprint density at radius 1 is 1.44 bits per heavy atom. The van der Waals surface area contributed by atoms with Gasteiger partial charge in [0.1, 0.15) is 11.3 Å². The predicted octanol–water partition coefficient (Wildman–Crippen LogP) is 3.07. The molecule has 1 heterocycles. The van der Waals surface area contributed by atoms with E-state index in [9.17, 15) is 14.3 Å². The number of rotatable bonds is 3. The van der Waals surface area contributed by atoms with E-state index in [4.69, 9.17) is 11.6 Å². The lowest BCUT2D eigenvalue weighted by molar-refractivity contribution is -0.150. The maximum absolute atomic E-state index is 13.1. The Hall–Kier alpha value is -1.16. The van der Waals surface area contributed by atoms with Gasteiger partial charge < -0.3 is 5.11 Å². The first kappa shape index (κ1) is 11.9. The van der Waals surface area contributed by atoms with Crippen LogP contribution in [-0.2, 0) is 10.2 Å². The zero-order chi connectivity index (χ0) is 12.9. The van der Waals surface area contributed by atoms with Gasteiger partial charge in [-0.1, -0.05) is 11.6 Å². The Morgan fingerprint density at radius 3 is 2.61 bits per heavy atom. The fourth-order valence-corrected chi connectivity index (χ4v) is 2.83. The van der Waals surface area contributed by atoms with Crippen molar-refractivity contribution in [2.45, 2.75) is 43.2 Å². The van der Waals surface area contributed by atoms with E-state index in [1.54, 1.807) is 12.1 Å². The minimum Gasteiger partial charge on any atom is -0.481 e. The summed E-state index contributed by atoms with van der Waals surface area (Å²) in [5, 5.41) is 9.66. The molecule has 1 aromatic rings. The van der Waals surface area contributed by atoms with Crippen LogP contribution in [0.25, 0.3) is 0 Å². The second kappa shape index (κ2) is 3.92. The first-order valence-corrected chi connectivity index (χ1v) is 6.44. The molecule has 3 nitrogen and oxygen atoms in total. The monoisotopic (exact) mass is 269 g/mol. The third-order valence-electron chi connectivity index (χ3n) is 3.91. The standard InChI is InChI=1S/C13H13ClFNO2/c14-11-4-8(3-10(16-11)7-1-2-7)13(12(17)18)5-9(15)6-13/h3-4,7,9H,1-2,5-6H2,(H,17,18). The fraction of sp³-hybridized carbons (Fsp3) is 0.538. The predicted molar refractivity (Wildman–Crippen MR) is 64.7 cm³/mol. The minimum absolute atomic E-state index is 0.0345. The van der Waals surface area contributed by atoms with Crippen LogP contribution < -0.4 is 0 Å². The lowest BCUT2D eigenvalue weighted by Crippen LogP contribution is -2.49. The molecule has 1 N–H and O–H groups in total.